The number of rotatable bonds is 0. The van der Waals surface area contributed by atoms with Crippen LogP contribution in [0.15, 0.2) is 24.3 Å². The van der Waals surface area contributed by atoms with Crippen LogP contribution in [0.5, 0.6) is 5.06 Å². The van der Waals surface area contributed by atoms with E-state index >= 15 is 0 Å². The summed E-state index contributed by atoms with van der Waals surface area (Å²) in [6.07, 6.45) is 0. The Morgan fingerprint density at radius 2 is 2.00 bits per heavy atom. The molecule has 0 fully saturated rings. The van der Waals surface area contributed by atoms with Gasteiger partial charge in [-0.2, -0.15) is 0 Å². The number of fused-ring (bicyclic) bond motifs is 1. The lowest BCUT2D eigenvalue weighted by molar-refractivity contribution is 0.452. The summed E-state index contributed by atoms with van der Waals surface area (Å²) in [6.45, 7) is 0. The molecule has 0 unspecified atom stereocenters. The van der Waals surface area contributed by atoms with Crippen molar-refractivity contribution in [2.24, 2.45) is 0 Å². The molecule has 56 valence electrons. The lowest BCUT2D eigenvalue weighted by Gasteiger charge is -1.84. The topological polar surface area (TPSA) is 20.2 Å². The van der Waals surface area contributed by atoms with Gasteiger partial charge < -0.3 is 5.11 Å². The van der Waals surface area contributed by atoms with E-state index in [9.17, 15) is 4.39 Å². The largest absolute Gasteiger partial charge is 0.497 e. The highest BCUT2D eigenvalue weighted by Crippen LogP contribution is 2.34. The van der Waals surface area contributed by atoms with Crippen LogP contribution in [-0.4, -0.2) is 5.11 Å². The quantitative estimate of drug-likeness (QED) is 0.641. The van der Waals surface area contributed by atoms with Gasteiger partial charge in [0.2, 0.25) is 5.06 Å². The van der Waals surface area contributed by atoms with Gasteiger partial charge in [-0.25, -0.2) is 4.39 Å². The maximum Gasteiger partial charge on any atom is 0.209 e. The average molecular weight is 168 g/mol. The van der Waals surface area contributed by atoms with Crippen LogP contribution in [0.4, 0.5) is 4.39 Å². The Morgan fingerprint density at radius 1 is 1.27 bits per heavy atom. The molecule has 11 heavy (non-hydrogen) atoms. The van der Waals surface area contributed by atoms with Crippen LogP contribution in [0, 0.1) is 5.82 Å². The number of aromatic hydroxyl groups is 1. The Kier molecular flexibility index (Phi) is 1.32. The van der Waals surface area contributed by atoms with Crippen molar-refractivity contribution in [3.8, 4) is 5.06 Å². The predicted molar refractivity (Wildman–Crippen MR) is 43.4 cm³/mol. The fourth-order valence-corrected chi connectivity index (χ4v) is 1.82. The van der Waals surface area contributed by atoms with E-state index < -0.39 is 5.82 Å². The van der Waals surface area contributed by atoms with Crippen molar-refractivity contribution in [3.63, 3.8) is 0 Å². The van der Waals surface area contributed by atoms with Crippen molar-refractivity contribution in [1.29, 1.82) is 0 Å². The zero-order valence-corrected chi connectivity index (χ0v) is 6.36. The summed E-state index contributed by atoms with van der Waals surface area (Å²) < 4.78 is 13.7. The first kappa shape index (κ1) is 6.61. The lowest BCUT2D eigenvalue weighted by atomic mass is 10.3. The fourth-order valence-electron chi connectivity index (χ4n) is 1.00. The fraction of sp³-hybridized carbons (Fsp3) is 0. The van der Waals surface area contributed by atoms with Gasteiger partial charge in [-0.15, -0.1) is 0 Å². The molecule has 1 heterocycles. The maximum absolute atomic E-state index is 12.9. The number of benzene rings is 1. The maximum atomic E-state index is 12.9. The van der Waals surface area contributed by atoms with E-state index in [1.54, 1.807) is 18.2 Å². The normalized spacial score (nSPS) is 10.6. The summed E-state index contributed by atoms with van der Waals surface area (Å²) in [7, 11) is 0. The Balaban J connectivity index is 2.92. The van der Waals surface area contributed by atoms with E-state index in [4.69, 9.17) is 5.11 Å². The second-order valence-corrected chi connectivity index (χ2v) is 3.25. The minimum atomic E-state index is -0.509. The van der Waals surface area contributed by atoms with Crippen molar-refractivity contribution >= 4 is 21.4 Å². The summed E-state index contributed by atoms with van der Waals surface area (Å²) in [6, 6.07) is 7.00. The Labute approximate surface area is 66.7 Å². The lowest BCUT2D eigenvalue weighted by Crippen LogP contribution is -1.66. The highest BCUT2D eigenvalue weighted by Gasteiger charge is 2.08. The molecule has 2 aromatic rings. The zero-order chi connectivity index (χ0) is 7.84. The average Bonchev–Trinajstić information content (AvgIpc) is 2.30. The van der Waals surface area contributed by atoms with E-state index in [1.807, 2.05) is 6.07 Å². The van der Waals surface area contributed by atoms with Gasteiger partial charge in [0.05, 0.1) is 0 Å². The third-order valence-electron chi connectivity index (χ3n) is 1.52. The van der Waals surface area contributed by atoms with Crippen molar-refractivity contribution in [1.82, 2.24) is 0 Å². The van der Waals surface area contributed by atoms with Gasteiger partial charge in [0.15, 0.2) is 5.82 Å². The molecule has 0 saturated carbocycles. The third kappa shape index (κ3) is 0.886. The van der Waals surface area contributed by atoms with Crippen molar-refractivity contribution in [2.75, 3.05) is 0 Å². The van der Waals surface area contributed by atoms with Crippen LogP contribution in [-0.2, 0) is 0 Å². The smallest absolute Gasteiger partial charge is 0.209 e. The molecule has 0 aliphatic carbocycles. The molecule has 0 aliphatic rings. The van der Waals surface area contributed by atoms with E-state index in [0.29, 0.717) is 5.39 Å². The first-order valence-corrected chi connectivity index (χ1v) is 3.96. The molecule has 1 nitrogen and oxygen atoms in total. The first-order valence-electron chi connectivity index (χ1n) is 3.15. The van der Waals surface area contributed by atoms with Crippen molar-refractivity contribution < 1.29 is 9.50 Å². The van der Waals surface area contributed by atoms with Gasteiger partial charge in [0.25, 0.3) is 0 Å². The molecule has 1 N–H and O–H groups in total. The second-order valence-electron chi connectivity index (χ2n) is 2.22. The number of halogens is 1. The van der Waals surface area contributed by atoms with Crippen molar-refractivity contribution in [2.45, 2.75) is 0 Å². The van der Waals surface area contributed by atoms with Crippen LogP contribution in [0.25, 0.3) is 10.1 Å². The highest BCUT2D eigenvalue weighted by molar-refractivity contribution is 7.20. The van der Waals surface area contributed by atoms with E-state index in [1.165, 1.54) is 0 Å². The standard InChI is InChI=1S/C8H5FOS/c9-7-5-3-1-2-4-6(5)11-8(7)10/h1-4,10H. The van der Waals surface area contributed by atoms with Crippen LogP contribution in [0.2, 0.25) is 0 Å². The molecule has 0 bridgehead atoms. The predicted octanol–water partition coefficient (Wildman–Crippen LogP) is 2.75. The Hall–Kier alpha value is -1.09. The molecule has 0 atom stereocenters. The number of thiophene rings is 1. The van der Waals surface area contributed by atoms with E-state index in [-0.39, 0.29) is 5.06 Å². The molecule has 0 radical (unpaired) electrons. The summed E-state index contributed by atoms with van der Waals surface area (Å²) in [5.74, 6) is -0.509. The molecule has 0 spiro atoms. The summed E-state index contributed by atoms with van der Waals surface area (Å²) in [4.78, 5) is 0. The van der Waals surface area contributed by atoms with Crippen LogP contribution in [0.1, 0.15) is 0 Å². The van der Waals surface area contributed by atoms with E-state index in [0.717, 1.165) is 16.0 Å². The van der Waals surface area contributed by atoms with Crippen LogP contribution >= 0.6 is 11.3 Å². The van der Waals surface area contributed by atoms with Gasteiger partial charge in [-0.1, -0.05) is 29.5 Å². The van der Waals surface area contributed by atoms with Gasteiger partial charge >= 0.3 is 0 Å². The number of hydrogen-bond acceptors (Lipinski definition) is 2. The van der Waals surface area contributed by atoms with Gasteiger partial charge in [-0.3, -0.25) is 0 Å². The Morgan fingerprint density at radius 3 is 2.73 bits per heavy atom. The van der Waals surface area contributed by atoms with Gasteiger partial charge in [0, 0.05) is 10.1 Å². The zero-order valence-electron chi connectivity index (χ0n) is 5.54. The third-order valence-corrected chi connectivity index (χ3v) is 2.47. The Bertz CT molecular complexity index is 394. The molecular formula is C8H5FOS. The molecule has 0 aliphatic heterocycles. The molecule has 0 saturated heterocycles. The second kappa shape index (κ2) is 2.20. The first-order chi connectivity index (χ1) is 5.29. The summed E-state index contributed by atoms with van der Waals surface area (Å²) >= 11 is 1.06. The SMILES string of the molecule is Oc1sc2ccccc2c1F. The van der Waals surface area contributed by atoms with Crippen LogP contribution < -0.4 is 0 Å². The molecule has 1 aromatic carbocycles. The van der Waals surface area contributed by atoms with Crippen LogP contribution in [0.3, 0.4) is 0 Å². The summed E-state index contributed by atoms with van der Waals surface area (Å²) in [5, 5.41) is 9.25. The molecule has 1 aromatic heterocycles. The van der Waals surface area contributed by atoms with E-state index in [2.05, 4.69) is 0 Å². The van der Waals surface area contributed by atoms with Gasteiger partial charge in [0.1, 0.15) is 0 Å². The van der Waals surface area contributed by atoms with Crippen molar-refractivity contribution in [3.05, 3.63) is 30.1 Å². The molecule has 3 heteroatoms. The highest BCUT2D eigenvalue weighted by atomic mass is 32.1. The minimum Gasteiger partial charge on any atom is -0.497 e. The van der Waals surface area contributed by atoms with Gasteiger partial charge in [-0.05, 0) is 6.07 Å². The minimum absolute atomic E-state index is 0.230. The summed E-state index contributed by atoms with van der Waals surface area (Å²) in [5.41, 5.74) is 0. The molecular weight excluding hydrogens is 163 g/mol. The number of hydrogen-bond donors (Lipinski definition) is 1. The molecule has 0 amide bonds. The molecule has 2 rings (SSSR count). The monoisotopic (exact) mass is 168 g/mol.